The maximum atomic E-state index is 11.9. The number of nitrogens with zero attached hydrogens (tertiary/aromatic N) is 1. The van der Waals surface area contributed by atoms with Gasteiger partial charge in [0.05, 0.1) is 0 Å². The van der Waals surface area contributed by atoms with E-state index in [0.29, 0.717) is 25.3 Å². The summed E-state index contributed by atoms with van der Waals surface area (Å²) in [5.74, 6) is 1.04. The van der Waals surface area contributed by atoms with Crippen molar-refractivity contribution in [1.29, 1.82) is 0 Å². The summed E-state index contributed by atoms with van der Waals surface area (Å²) in [6, 6.07) is 0.0533. The molecule has 2 amide bonds. The molecule has 5 heteroatoms. The number of likely N-dealkylation sites (tertiary alicyclic amines) is 1. The van der Waals surface area contributed by atoms with Crippen LogP contribution in [-0.4, -0.2) is 48.9 Å². The zero-order chi connectivity index (χ0) is 14.4. The summed E-state index contributed by atoms with van der Waals surface area (Å²) in [5.41, 5.74) is 0. The maximum Gasteiger partial charge on any atom is 0.222 e. The summed E-state index contributed by atoms with van der Waals surface area (Å²) in [6.45, 7) is 5.64. The maximum absolute atomic E-state index is 11.9. The van der Waals surface area contributed by atoms with E-state index in [4.69, 9.17) is 0 Å². The molecule has 0 spiro atoms. The Balaban J connectivity index is 1.61. The molecule has 0 saturated carbocycles. The van der Waals surface area contributed by atoms with Gasteiger partial charge in [0.1, 0.15) is 0 Å². The number of amides is 2. The summed E-state index contributed by atoms with van der Waals surface area (Å²) in [4.78, 5) is 25.3. The Morgan fingerprint density at radius 3 is 2.85 bits per heavy atom. The minimum Gasteiger partial charge on any atom is -0.352 e. The molecule has 2 aliphatic heterocycles. The van der Waals surface area contributed by atoms with Crippen molar-refractivity contribution in [3.8, 4) is 0 Å². The number of hydrogen-bond acceptors (Lipinski definition) is 3. The zero-order valence-corrected chi connectivity index (χ0v) is 12.5. The van der Waals surface area contributed by atoms with E-state index in [1.165, 1.54) is 12.8 Å². The van der Waals surface area contributed by atoms with Gasteiger partial charge in [-0.3, -0.25) is 9.59 Å². The van der Waals surface area contributed by atoms with Crippen molar-refractivity contribution < 1.29 is 9.59 Å². The first-order valence-electron chi connectivity index (χ1n) is 7.93. The SMILES string of the molecule is CC(CN1CCCC1=O)NC(=O)CCC1CCNCC1. The number of hydrogen-bond donors (Lipinski definition) is 2. The standard InChI is InChI=1S/C15H27N3O2/c1-12(11-18-10-2-3-15(18)20)17-14(19)5-4-13-6-8-16-9-7-13/h12-13,16H,2-11H2,1H3,(H,17,19). The van der Waals surface area contributed by atoms with Crippen molar-refractivity contribution in [2.24, 2.45) is 5.92 Å². The fourth-order valence-electron chi connectivity index (χ4n) is 3.13. The van der Waals surface area contributed by atoms with E-state index in [-0.39, 0.29) is 17.9 Å². The molecule has 5 nitrogen and oxygen atoms in total. The molecule has 0 bridgehead atoms. The number of carbonyl (C=O) groups is 2. The number of carbonyl (C=O) groups excluding carboxylic acids is 2. The van der Waals surface area contributed by atoms with Crippen molar-refractivity contribution in [3.05, 3.63) is 0 Å². The average Bonchev–Trinajstić information content (AvgIpc) is 2.83. The van der Waals surface area contributed by atoms with Crippen molar-refractivity contribution in [2.75, 3.05) is 26.2 Å². The highest BCUT2D eigenvalue weighted by Gasteiger charge is 2.22. The van der Waals surface area contributed by atoms with Crippen molar-refractivity contribution >= 4 is 11.8 Å². The Bertz CT molecular complexity index is 340. The van der Waals surface area contributed by atoms with Gasteiger partial charge in [0.25, 0.3) is 0 Å². The van der Waals surface area contributed by atoms with Gasteiger partial charge in [-0.2, -0.15) is 0 Å². The first-order valence-corrected chi connectivity index (χ1v) is 7.93. The number of nitrogens with one attached hydrogen (secondary N) is 2. The number of piperidine rings is 1. The topological polar surface area (TPSA) is 61.4 Å². The molecule has 1 atom stereocenters. The minimum atomic E-state index is 0.0533. The Hall–Kier alpha value is -1.10. The molecular weight excluding hydrogens is 254 g/mol. The molecule has 2 heterocycles. The monoisotopic (exact) mass is 281 g/mol. The van der Waals surface area contributed by atoms with Crippen LogP contribution in [0.4, 0.5) is 0 Å². The third kappa shape index (κ3) is 4.78. The molecule has 0 aromatic heterocycles. The fourth-order valence-corrected chi connectivity index (χ4v) is 3.13. The highest BCUT2D eigenvalue weighted by molar-refractivity contribution is 5.78. The molecule has 0 aliphatic carbocycles. The highest BCUT2D eigenvalue weighted by Crippen LogP contribution is 2.17. The third-order valence-corrected chi connectivity index (χ3v) is 4.31. The summed E-state index contributed by atoms with van der Waals surface area (Å²) in [7, 11) is 0. The van der Waals surface area contributed by atoms with Gasteiger partial charge in [-0.15, -0.1) is 0 Å². The van der Waals surface area contributed by atoms with Gasteiger partial charge in [0, 0.05) is 32.0 Å². The summed E-state index contributed by atoms with van der Waals surface area (Å²) >= 11 is 0. The number of rotatable bonds is 6. The molecule has 0 radical (unpaired) electrons. The van der Waals surface area contributed by atoms with Crippen LogP contribution >= 0.6 is 0 Å². The van der Waals surface area contributed by atoms with Crippen LogP contribution in [-0.2, 0) is 9.59 Å². The van der Waals surface area contributed by atoms with Gasteiger partial charge in [-0.1, -0.05) is 0 Å². The quantitative estimate of drug-likeness (QED) is 0.760. The van der Waals surface area contributed by atoms with E-state index in [0.717, 1.165) is 32.5 Å². The lowest BCUT2D eigenvalue weighted by molar-refractivity contribution is -0.129. The lowest BCUT2D eigenvalue weighted by Gasteiger charge is -2.24. The molecule has 2 saturated heterocycles. The Labute approximate surface area is 121 Å². The minimum absolute atomic E-state index is 0.0533. The highest BCUT2D eigenvalue weighted by atomic mass is 16.2. The Morgan fingerprint density at radius 1 is 1.45 bits per heavy atom. The van der Waals surface area contributed by atoms with Crippen molar-refractivity contribution in [2.45, 2.75) is 51.5 Å². The van der Waals surface area contributed by atoms with Crippen LogP contribution in [0, 0.1) is 5.92 Å². The van der Waals surface area contributed by atoms with E-state index in [1.54, 1.807) is 0 Å². The van der Waals surface area contributed by atoms with Crippen LogP contribution < -0.4 is 10.6 Å². The molecule has 2 aliphatic rings. The largest absolute Gasteiger partial charge is 0.352 e. The molecule has 114 valence electrons. The van der Waals surface area contributed by atoms with Crippen molar-refractivity contribution in [3.63, 3.8) is 0 Å². The summed E-state index contributed by atoms with van der Waals surface area (Å²) < 4.78 is 0. The lowest BCUT2D eigenvalue weighted by Crippen LogP contribution is -2.42. The van der Waals surface area contributed by atoms with Gasteiger partial charge in [0.15, 0.2) is 0 Å². The van der Waals surface area contributed by atoms with Gasteiger partial charge >= 0.3 is 0 Å². The third-order valence-electron chi connectivity index (χ3n) is 4.31. The molecular formula is C15H27N3O2. The first kappa shape index (κ1) is 15.3. The molecule has 1 unspecified atom stereocenters. The molecule has 0 aromatic rings. The van der Waals surface area contributed by atoms with Crippen LogP contribution in [0.5, 0.6) is 0 Å². The van der Waals surface area contributed by atoms with E-state index in [9.17, 15) is 9.59 Å². The summed E-state index contributed by atoms with van der Waals surface area (Å²) in [6.07, 6.45) is 5.59. The van der Waals surface area contributed by atoms with Crippen LogP contribution in [0.25, 0.3) is 0 Å². The average molecular weight is 281 g/mol. The van der Waals surface area contributed by atoms with E-state index in [2.05, 4.69) is 10.6 Å². The van der Waals surface area contributed by atoms with Gasteiger partial charge in [-0.25, -0.2) is 0 Å². The van der Waals surface area contributed by atoms with Gasteiger partial charge in [-0.05, 0) is 51.6 Å². The van der Waals surface area contributed by atoms with Crippen LogP contribution in [0.15, 0.2) is 0 Å². The normalized spacial score (nSPS) is 22.1. The molecule has 20 heavy (non-hydrogen) atoms. The molecule has 2 rings (SSSR count). The van der Waals surface area contributed by atoms with Crippen molar-refractivity contribution in [1.82, 2.24) is 15.5 Å². The first-order chi connectivity index (χ1) is 9.65. The van der Waals surface area contributed by atoms with Gasteiger partial charge < -0.3 is 15.5 Å². The van der Waals surface area contributed by atoms with Crippen LogP contribution in [0.2, 0.25) is 0 Å². The zero-order valence-electron chi connectivity index (χ0n) is 12.5. The summed E-state index contributed by atoms with van der Waals surface area (Å²) in [5, 5.41) is 6.36. The lowest BCUT2D eigenvalue weighted by atomic mass is 9.93. The van der Waals surface area contributed by atoms with Crippen LogP contribution in [0.1, 0.15) is 45.4 Å². The van der Waals surface area contributed by atoms with Crippen LogP contribution in [0.3, 0.4) is 0 Å². The predicted molar refractivity (Wildman–Crippen MR) is 78.2 cm³/mol. The van der Waals surface area contributed by atoms with E-state index < -0.39 is 0 Å². The molecule has 0 aromatic carbocycles. The Morgan fingerprint density at radius 2 is 2.20 bits per heavy atom. The smallest absolute Gasteiger partial charge is 0.222 e. The second kappa shape index (κ2) is 7.62. The fraction of sp³-hybridized carbons (Fsp3) is 0.867. The van der Waals surface area contributed by atoms with Gasteiger partial charge in [0.2, 0.25) is 11.8 Å². The molecule has 2 N–H and O–H groups in total. The molecule has 2 fully saturated rings. The second-order valence-corrected chi connectivity index (χ2v) is 6.14. The predicted octanol–water partition coefficient (Wildman–Crippen LogP) is 0.893. The Kier molecular flexibility index (Phi) is 5.83. The van der Waals surface area contributed by atoms with E-state index >= 15 is 0 Å². The van der Waals surface area contributed by atoms with E-state index in [1.807, 2.05) is 11.8 Å². The second-order valence-electron chi connectivity index (χ2n) is 6.14.